The van der Waals surface area contributed by atoms with Gasteiger partial charge in [0.1, 0.15) is 6.42 Å². The predicted molar refractivity (Wildman–Crippen MR) is 86.7 cm³/mol. The Labute approximate surface area is 137 Å². The molecular weight excluding hydrogens is 298 g/mol. The minimum atomic E-state index is -0.508. The van der Waals surface area contributed by atoms with Gasteiger partial charge in [0, 0.05) is 6.04 Å². The highest BCUT2D eigenvalue weighted by Crippen LogP contribution is 2.28. The smallest absolute Gasteiger partial charge is 0.315 e. The van der Waals surface area contributed by atoms with E-state index in [9.17, 15) is 9.59 Å². The first-order chi connectivity index (χ1) is 11.0. The molecule has 0 aromatic heterocycles. The van der Waals surface area contributed by atoms with Crippen molar-refractivity contribution in [2.75, 3.05) is 20.8 Å². The molecule has 6 nitrogen and oxygen atoms in total. The lowest BCUT2D eigenvalue weighted by Crippen LogP contribution is -2.37. The number of ether oxygens (including phenoxy) is 3. The number of carbonyl (C=O) groups is 2. The van der Waals surface area contributed by atoms with E-state index in [4.69, 9.17) is 14.2 Å². The van der Waals surface area contributed by atoms with Gasteiger partial charge >= 0.3 is 5.97 Å². The molecular formula is C17H25NO5. The third kappa shape index (κ3) is 6.18. The molecule has 1 aromatic rings. The molecule has 0 spiro atoms. The van der Waals surface area contributed by atoms with Crippen molar-refractivity contribution in [2.24, 2.45) is 0 Å². The second-order valence-electron chi connectivity index (χ2n) is 5.05. The van der Waals surface area contributed by atoms with Gasteiger partial charge in [-0.25, -0.2) is 0 Å². The van der Waals surface area contributed by atoms with Crippen LogP contribution in [0.25, 0.3) is 0 Å². The van der Waals surface area contributed by atoms with Gasteiger partial charge < -0.3 is 19.5 Å². The molecule has 0 aliphatic rings. The summed E-state index contributed by atoms with van der Waals surface area (Å²) in [6.07, 6.45) is 1.14. The van der Waals surface area contributed by atoms with Gasteiger partial charge in [-0.3, -0.25) is 9.59 Å². The van der Waals surface area contributed by atoms with Crippen LogP contribution in [0.1, 0.15) is 32.3 Å². The SMILES string of the molecule is CCOC(=O)CC(=O)NC(CC)Cc1ccc(OC)c(OC)c1. The average Bonchev–Trinajstić information content (AvgIpc) is 2.54. The summed E-state index contributed by atoms with van der Waals surface area (Å²) >= 11 is 0. The topological polar surface area (TPSA) is 73.9 Å². The fourth-order valence-corrected chi connectivity index (χ4v) is 2.21. The largest absolute Gasteiger partial charge is 0.493 e. The van der Waals surface area contributed by atoms with Crippen LogP contribution in [0.5, 0.6) is 11.5 Å². The number of rotatable bonds is 9. The van der Waals surface area contributed by atoms with Crippen LogP contribution >= 0.6 is 0 Å². The fraction of sp³-hybridized carbons (Fsp3) is 0.529. The van der Waals surface area contributed by atoms with E-state index in [1.54, 1.807) is 21.1 Å². The second kappa shape index (κ2) is 9.71. The molecule has 23 heavy (non-hydrogen) atoms. The Balaban J connectivity index is 2.65. The maximum Gasteiger partial charge on any atom is 0.315 e. The van der Waals surface area contributed by atoms with E-state index in [1.807, 2.05) is 25.1 Å². The molecule has 0 aliphatic heterocycles. The summed E-state index contributed by atoms with van der Waals surface area (Å²) in [5.41, 5.74) is 1.02. The van der Waals surface area contributed by atoms with E-state index in [0.717, 1.165) is 12.0 Å². The summed E-state index contributed by atoms with van der Waals surface area (Å²) in [7, 11) is 3.17. The maximum absolute atomic E-state index is 11.9. The Kier molecular flexibility index (Phi) is 7.94. The zero-order valence-corrected chi connectivity index (χ0v) is 14.2. The summed E-state index contributed by atoms with van der Waals surface area (Å²) in [5, 5.41) is 2.86. The summed E-state index contributed by atoms with van der Waals surface area (Å²) < 4.78 is 15.3. The number of benzene rings is 1. The summed E-state index contributed by atoms with van der Waals surface area (Å²) in [4.78, 5) is 23.2. The van der Waals surface area contributed by atoms with Crippen LogP contribution in [0.2, 0.25) is 0 Å². The van der Waals surface area contributed by atoms with Crippen LogP contribution in [0.3, 0.4) is 0 Å². The highest BCUT2D eigenvalue weighted by Gasteiger charge is 2.16. The molecule has 1 unspecified atom stereocenters. The number of carbonyl (C=O) groups excluding carboxylic acids is 2. The van der Waals surface area contributed by atoms with Crippen molar-refractivity contribution in [1.82, 2.24) is 5.32 Å². The first-order valence-corrected chi connectivity index (χ1v) is 7.69. The van der Waals surface area contributed by atoms with Gasteiger partial charge in [0.2, 0.25) is 5.91 Å². The molecule has 1 rings (SSSR count). The number of hydrogen-bond donors (Lipinski definition) is 1. The van der Waals surface area contributed by atoms with E-state index < -0.39 is 5.97 Å². The van der Waals surface area contributed by atoms with E-state index in [1.165, 1.54) is 0 Å². The van der Waals surface area contributed by atoms with Crippen molar-refractivity contribution in [1.29, 1.82) is 0 Å². The van der Waals surface area contributed by atoms with E-state index in [0.29, 0.717) is 17.9 Å². The van der Waals surface area contributed by atoms with Gasteiger partial charge in [-0.15, -0.1) is 0 Å². The fourth-order valence-electron chi connectivity index (χ4n) is 2.21. The van der Waals surface area contributed by atoms with Crippen LogP contribution < -0.4 is 14.8 Å². The van der Waals surface area contributed by atoms with Gasteiger partial charge in [-0.1, -0.05) is 13.0 Å². The molecule has 0 aliphatic carbocycles. The standard InChI is InChI=1S/C17H25NO5/c1-5-13(18-16(19)11-17(20)23-6-2)9-12-7-8-14(21-3)15(10-12)22-4/h7-8,10,13H,5-6,9,11H2,1-4H3,(H,18,19). The number of esters is 1. The minimum Gasteiger partial charge on any atom is -0.493 e. The van der Waals surface area contributed by atoms with Crippen molar-refractivity contribution in [2.45, 2.75) is 39.2 Å². The quantitative estimate of drug-likeness (QED) is 0.556. The lowest BCUT2D eigenvalue weighted by Gasteiger charge is -2.18. The summed E-state index contributed by atoms with van der Waals surface area (Å²) in [6, 6.07) is 5.59. The van der Waals surface area contributed by atoms with Crippen LogP contribution in [-0.2, 0) is 20.7 Å². The van der Waals surface area contributed by atoms with Crippen LogP contribution in [0.15, 0.2) is 18.2 Å². The molecule has 0 bridgehead atoms. The number of methoxy groups -OCH3 is 2. The zero-order chi connectivity index (χ0) is 17.2. The first-order valence-electron chi connectivity index (χ1n) is 7.69. The van der Waals surface area contributed by atoms with Crippen LogP contribution in [0, 0.1) is 0 Å². The molecule has 0 saturated carbocycles. The Morgan fingerprint density at radius 2 is 1.83 bits per heavy atom. The van der Waals surface area contributed by atoms with Gasteiger partial charge in [0.25, 0.3) is 0 Å². The van der Waals surface area contributed by atoms with E-state index >= 15 is 0 Å². The summed E-state index contributed by atoms with van der Waals surface area (Å²) in [5.74, 6) is 0.482. The first kappa shape index (κ1) is 18.8. The molecule has 0 radical (unpaired) electrons. The second-order valence-corrected chi connectivity index (χ2v) is 5.05. The van der Waals surface area contributed by atoms with E-state index in [2.05, 4.69) is 5.32 Å². The number of nitrogens with one attached hydrogen (secondary N) is 1. The zero-order valence-electron chi connectivity index (χ0n) is 14.2. The lowest BCUT2D eigenvalue weighted by molar-refractivity contribution is -0.146. The summed E-state index contributed by atoms with van der Waals surface area (Å²) in [6.45, 7) is 3.97. The molecule has 0 saturated heterocycles. The number of amides is 1. The molecule has 1 amide bonds. The van der Waals surface area contributed by atoms with Crippen LogP contribution in [-0.4, -0.2) is 38.7 Å². The third-order valence-corrected chi connectivity index (χ3v) is 3.40. The van der Waals surface area contributed by atoms with Crippen molar-refractivity contribution < 1.29 is 23.8 Å². The molecule has 0 fully saturated rings. The normalized spacial score (nSPS) is 11.5. The van der Waals surface area contributed by atoms with Crippen molar-refractivity contribution in [3.05, 3.63) is 23.8 Å². The Bertz CT molecular complexity index is 530. The predicted octanol–water partition coefficient (Wildman–Crippen LogP) is 2.09. The lowest BCUT2D eigenvalue weighted by atomic mass is 10.0. The average molecular weight is 323 g/mol. The van der Waals surface area contributed by atoms with Crippen molar-refractivity contribution in [3.8, 4) is 11.5 Å². The highest BCUT2D eigenvalue weighted by atomic mass is 16.5. The third-order valence-electron chi connectivity index (χ3n) is 3.40. The molecule has 0 heterocycles. The maximum atomic E-state index is 11.9. The monoisotopic (exact) mass is 323 g/mol. The van der Waals surface area contributed by atoms with Gasteiger partial charge in [-0.2, -0.15) is 0 Å². The van der Waals surface area contributed by atoms with Gasteiger partial charge in [0.05, 0.1) is 20.8 Å². The van der Waals surface area contributed by atoms with Crippen LogP contribution in [0.4, 0.5) is 0 Å². The molecule has 1 N–H and O–H groups in total. The Hall–Kier alpha value is -2.24. The molecule has 1 atom stereocenters. The molecule has 6 heteroatoms. The van der Waals surface area contributed by atoms with Gasteiger partial charge in [0.15, 0.2) is 11.5 Å². The van der Waals surface area contributed by atoms with E-state index in [-0.39, 0.29) is 25.0 Å². The Morgan fingerprint density at radius 1 is 1.13 bits per heavy atom. The van der Waals surface area contributed by atoms with Crippen molar-refractivity contribution in [3.63, 3.8) is 0 Å². The minimum absolute atomic E-state index is 0.0602. The van der Waals surface area contributed by atoms with Gasteiger partial charge in [-0.05, 0) is 37.5 Å². The highest BCUT2D eigenvalue weighted by molar-refractivity contribution is 5.94. The Morgan fingerprint density at radius 3 is 2.39 bits per heavy atom. The van der Waals surface area contributed by atoms with Crippen molar-refractivity contribution >= 4 is 11.9 Å². The molecule has 128 valence electrons. The number of hydrogen-bond acceptors (Lipinski definition) is 5. The molecule has 1 aromatic carbocycles.